The Balaban J connectivity index is 1.89. The molecular weight excluding hydrogens is 270 g/mol. The number of rotatable bonds is 6. The van der Waals surface area contributed by atoms with Crippen LogP contribution in [0, 0.1) is 11.3 Å². The molecule has 1 unspecified atom stereocenters. The summed E-state index contributed by atoms with van der Waals surface area (Å²) >= 11 is 0. The highest BCUT2D eigenvalue weighted by molar-refractivity contribution is 5.72. The summed E-state index contributed by atoms with van der Waals surface area (Å²) in [5, 5.41) is 15.2. The molecule has 0 aliphatic carbocycles. The van der Waals surface area contributed by atoms with E-state index in [0.29, 0.717) is 37.8 Å². The lowest BCUT2D eigenvalue weighted by molar-refractivity contribution is -0.118. The van der Waals surface area contributed by atoms with Crippen molar-refractivity contribution in [2.45, 2.75) is 19.4 Å². The van der Waals surface area contributed by atoms with E-state index >= 15 is 0 Å². The number of fused-ring (bicyclic) bond motifs is 1. The summed E-state index contributed by atoms with van der Waals surface area (Å²) in [4.78, 5) is 10.7. The van der Waals surface area contributed by atoms with Crippen LogP contribution in [0.25, 0.3) is 0 Å². The molecule has 1 amide bonds. The number of carbonyl (C=O) groups excluding carboxylic acids is 1. The molecule has 6 heteroatoms. The van der Waals surface area contributed by atoms with Crippen molar-refractivity contribution in [1.29, 1.82) is 5.26 Å². The van der Waals surface area contributed by atoms with Gasteiger partial charge >= 0.3 is 0 Å². The van der Waals surface area contributed by atoms with Crippen molar-refractivity contribution < 1.29 is 14.3 Å². The fraction of sp³-hybridized carbons (Fsp3) is 0.467. The van der Waals surface area contributed by atoms with Gasteiger partial charge in [0.05, 0.1) is 6.07 Å². The van der Waals surface area contributed by atoms with E-state index < -0.39 is 6.04 Å². The SMILES string of the molecule is CC(=O)NCCCNC(C#N)c1ccc2c(c1)OCCO2. The van der Waals surface area contributed by atoms with Gasteiger partial charge in [0, 0.05) is 13.5 Å². The second-order valence-electron chi connectivity index (χ2n) is 4.76. The Morgan fingerprint density at radius 3 is 2.81 bits per heavy atom. The van der Waals surface area contributed by atoms with Gasteiger partial charge < -0.3 is 14.8 Å². The molecule has 0 bridgehead atoms. The molecule has 1 aromatic carbocycles. The highest BCUT2D eigenvalue weighted by atomic mass is 16.6. The molecule has 0 saturated carbocycles. The molecule has 1 atom stereocenters. The first-order chi connectivity index (χ1) is 10.2. The molecule has 0 radical (unpaired) electrons. The van der Waals surface area contributed by atoms with E-state index in [0.717, 1.165) is 12.0 Å². The smallest absolute Gasteiger partial charge is 0.216 e. The maximum absolute atomic E-state index is 10.7. The minimum Gasteiger partial charge on any atom is -0.486 e. The van der Waals surface area contributed by atoms with Gasteiger partial charge in [0.1, 0.15) is 19.3 Å². The highest BCUT2D eigenvalue weighted by Crippen LogP contribution is 2.32. The predicted molar refractivity (Wildman–Crippen MR) is 77.1 cm³/mol. The first-order valence-electron chi connectivity index (χ1n) is 6.97. The van der Waals surface area contributed by atoms with Crippen LogP contribution in [-0.2, 0) is 4.79 Å². The fourth-order valence-electron chi connectivity index (χ4n) is 2.08. The van der Waals surface area contributed by atoms with Crippen LogP contribution >= 0.6 is 0 Å². The van der Waals surface area contributed by atoms with Crippen LogP contribution in [0.15, 0.2) is 18.2 Å². The number of hydrogen-bond donors (Lipinski definition) is 2. The van der Waals surface area contributed by atoms with Gasteiger partial charge in [0.2, 0.25) is 5.91 Å². The average molecular weight is 289 g/mol. The second kappa shape index (κ2) is 7.50. The summed E-state index contributed by atoms with van der Waals surface area (Å²) in [7, 11) is 0. The predicted octanol–water partition coefficient (Wildman–Crippen LogP) is 1.14. The van der Waals surface area contributed by atoms with Crippen molar-refractivity contribution in [3.8, 4) is 17.6 Å². The van der Waals surface area contributed by atoms with E-state index in [4.69, 9.17) is 9.47 Å². The quantitative estimate of drug-likeness (QED) is 0.767. The molecule has 0 aromatic heterocycles. The van der Waals surface area contributed by atoms with Crippen molar-refractivity contribution >= 4 is 5.91 Å². The Morgan fingerprint density at radius 2 is 2.10 bits per heavy atom. The summed E-state index contributed by atoms with van der Waals surface area (Å²) in [6.07, 6.45) is 0.766. The Morgan fingerprint density at radius 1 is 1.33 bits per heavy atom. The molecule has 1 aliphatic rings. The third-order valence-corrected chi connectivity index (χ3v) is 3.10. The first-order valence-corrected chi connectivity index (χ1v) is 6.97. The van der Waals surface area contributed by atoms with Crippen molar-refractivity contribution in [2.24, 2.45) is 0 Å². The molecule has 0 spiro atoms. The molecule has 1 heterocycles. The Bertz CT molecular complexity index is 539. The summed E-state index contributed by atoms with van der Waals surface area (Å²) in [5.74, 6) is 1.35. The van der Waals surface area contributed by atoms with Crippen LogP contribution < -0.4 is 20.1 Å². The summed E-state index contributed by atoms with van der Waals surface area (Å²) in [6.45, 7) is 3.81. The van der Waals surface area contributed by atoms with E-state index in [1.165, 1.54) is 6.92 Å². The van der Waals surface area contributed by atoms with Crippen LogP contribution in [0.5, 0.6) is 11.5 Å². The zero-order valence-corrected chi connectivity index (χ0v) is 12.0. The molecule has 112 valence electrons. The molecule has 21 heavy (non-hydrogen) atoms. The molecule has 2 N–H and O–H groups in total. The molecule has 6 nitrogen and oxygen atoms in total. The van der Waals surface area contributed by atoms with E-state index in [1.54, 1.807) is 0 Å². The summed E-state index contributed by atoms with van der Waals surface area (Å²) < 4.78 is 11.0. The Kier molecular flexibility index (Phi) is 5.41. The maximum Gasteiger partial charge on any atom is 0.216 e. The Labute approximate surface area is 124 Å². The van der Waals surface area contributed by atoms with Gasteiger partial charge in [-0.2, -0.15) is 5.26 Å². The van der Waals surface area contributed by atoms with E-state index in [1.807, 2.05) is 18.2 Å². The zero-order valence-electron chi connectivity index (χ0n) is 12.0. The number of nitrogens with one attached hydrogen (secondary N) is 2. The van der Waals surface area contributed by atoms with Crippen LogP contribution in [0.1, 0.15) is 24.9 Å². The van der Waals surface area contributed by atoms with Gasteiger partial charge in [-0.15, -0.1) is 0 Å². The van der Waals surface area contributed by atoms with E-state index in [-0.39, 0.29) is 5.91 Å². The number of ether oxygens (including phenoxy) is 2. The third-order valence-electron chi connectivity index (χ3n) is 3.10. The largest absolute Gasteiger partial charge is 0.486 e. The van der Waals surface area contributed by atoms with E-state index in [9.17, 15) is 10.1 Å². The molecule has 0 fully saturated rings. The number of nitrogens with zero attached hydrogens (tertiary/aromatic N) is 1. The number of amides is 1. The van der Waals surface area contributed by atoms with Gasteiger partial charge in [-0.1, -0.05) is 6.07 Å². The summed E-state index contributed by atoms with van der Waals surface area (Å²) in [5.41, 5.74) is 0.848. The fourth-order valence-corrected chi connectivity index (χ4v) is 2.08. The highest BCUT2D eigenvalue weighted by Gasteiger charge is 2.16. The topological polar surface area (TPSA) is 83.4 Å². The van der Waals surface area contributed by atoms with Crippen molar-refractivity contribution in [3.63, 3.8) is 0 Å². The normalized spacial score (nSPS) is 14.1. The number of nitriles is 1. The van der Waals surface area contributed by atoms with Gasteiger partial charge in [-0.3, -0.25) is 10.1 Å². The van der Waals surface area contributed by atoms with Crippen molar-refractivity contribution in [2.75, 3.05) is 26.3 Å². The van der Waals surface area contributed by atoms with Crippen LogP contribution in [0.3, 0.4) is 0 Å². The molecule has 2 rings (SSSR count). The summed E-state index contributed by atoms with van der Waals surface area (Å²) in [6, 6.07) is 7.35. The van der Waals surface area contributed by atoms with Crippen LogP contribution in [0.4, 0.5) is 0 Å². The lowest BCUT2D eigenvalue weighted by Crippen LogP contribution is -2.27. The van der Waals surface area contributed by atoms with Crippen molar-refractivity contribution in [1.82, 2.24) is 10.6 Å². The van der Waals surface area contributed by atoms with Crippen molar-refractivity contribution in [3.05, 3.63) is 23.8 Å². The van der Waals surface area contributed by atoms with Gasteiger partial charge in [0.15, 0.2) is 11.5 Å². The molecule has 1 aliphatic heterocycles. The van der Waals surface area contributed by atoms with Crippen LogP contribution in [0.2, 0.25) is 0 Å². The van der Waals surface area contributed by atoms with Gasteiger partial charge in [-0.25, -0.2) is 0 Å². The third kappa shape index (κ3) is 4.36. The molecular formula is C15H19N3O3. The zero-order chi connectivity index (χ0) is 15.1. The number of benzene rings is 1. The Hall–Kier alpha value is -2.26. The number of carbonyl (C=O) groups is 1. The maximum atomic E-state index is 10.7. The van der Waals surface area contributed by atoms with Gasteiger partial charge in [-0.05, 0) is 30.7 Å². The lowest BCUT2D eigenvalue weighted by Gasteiger charge is -2.20. The van der Waals surface area contributed by atoms with Gasteiger partial charge in [0.25, 0.3) is 0 Å². The average Bonchev–Trinajstić information content (AvgIpc) is 2.50. The minimum absolute atomic E-state index is 0.0429. The standard InChI is InChI=1S/C15H19N3O3/c1-11(19)17-5-2-6-18-13(10-16)12-3-4-14-15(9-12)21-8-7-20-14/h3-4,9,13,18H,2,5-8H2,1H3,(H,17,19). The first kappa shape index (κ1) is 15.1. The monoisotopic (exact) mass is 289 g/mol. The number of hydrogen-bond acceptors (Lipinski definition) is 5. The lowest BCUT2D eigenvalue weighted by atomic mass is 10.1. The second-order valence-corrected chi connectivity index (χ2v) is 4.76. The molecule has 1 aromatic rings. The van der Waals surface area contributed by atoms with Crippen LogP contribution in [-0.4, -0.2) is 32.2 Å². The molecule has 0 saturated heterocycles. The van der Waals surface area contributed by atoms with E-state index in [2.05, 4.69) is 16.7 Å². The minimum atomic E-state index is -0.404.